The molecular formula is C15H27NO2. The Morgan fingerprint density at radius 1 is 1.17 bits per heavy atom. The van der Waals surface area contributed by atoms with E-state index in [-0.39, 0.29) is 5.97 Å². The zero-order chi connectivity index (χ0) is 13.0. The molecule has 1 aliphatic carbocycles. The highest BCUT2D eigenvalue weighted by Gasteiger charge is 2.36. The van der Waals surface area contributed by atoms with Crippen molar-refractivity contribution in [3.8, 4) is 0 Å². The van der Waals surface area contributed by atoms with E-state index in [4.69, 9.17) is 4.74 Å². The summed E-state index contributed by atoms with van der Waals surface area (Å²) in [5.74, 6) is -0.0829. The molecule has 1 unspecified atom stereocenters. The lowest BCUT2D eigenvalue weighted by atomic mass is 9.68. The second-order valence-corrected chi connectivity index (χ2v) is 6.23. The van der Waals surface area contributed by atoms with Crippen LogP contribution in [0.25, 0.3) is 0 Å². The van der Waals surface area contributed by atoms with Crippen molar-refractivity contribution >= 4 is 5.97 Å². The van der Waals surface area contributed by atoms with Gasteiger partial charge in [-0.3, -0.25) is 4.79 Å². The normalized spacial score (nSPS) is 25.9. The molecule has 0 aromatic heterocycles. The predicted molar refractivity (Wildman–Crippen MR) is 72.4 cm³/mol. The summed E-state index contributed by atoms with van der Waals surface area (Å²) in [6.45, 7) is 4.48. The number of rotatable bonds is 3. The van der Waals surface area contributed by atoms with Gasteiger partial charge in [0.1, 0.15) is 0 Å². The van der Waals surface area contributed by atoms with Crippen molar-refractivity contribution in [3.05, 3.63) is 0 Å². The maximum Gasteiger partial charge on any atom is 0.307 e. The van der Waals surface area contributed by atoms with E-state index in [0.717, 1.165) is 13.1 Å². The second-order valence-electron chi connectivity index (χ2n) is 6.23. The lowest BCUT2D eigenvalue weighted by molar-refractivity contribution is -0.142. The molecule has 1 atom stereocenters. The van der Waals surface area contributed by atoms with Crippen LogP contribution in [-0.4, -0.2) is 37.1 Å². The fraction of sp³-hybridized carbons (Fsp3) is 0.933. The molecule has 3 nitrogen and oxygen atoms in total. The van der Waals surface area contributed by atoms with Crippen molar-refractivity contribution in [1.29, 1.82) is 0 Å². The fourth-order valence-corrected chi connectivity index (χ4v) is 3.69. The van der Waals surface area contributed by atoms with E-state index >= 15 is 0 Å². The monoisotopic (exact) mass is 253 g/mol. The summed E-state index contributed by atoms with van der Waals surface area (Å²) in [7, 11) is 1.47. The maximum absolute atomic E-state index is 11.3. The molecule has 3 heteroatoms. The minimum Gasteiger partial charge on any atom is -0.469 e. The summed E-state index contributed by atoms with van der Waals surface area (Å²) >= 11 is 0. The van der Waals surface area contributed by atoms with Gasteiger partial charge < -0.3 is 9.64 Å². The molecule has 0 bridgehead atoms. The van der Waals surface area contributed by atoms with Gasteiger partial charge in [-0.05, 0) is 51.1 Å². The molecule has 0 N–H and O–H groups in total. The average molecular weight is 253 g/mol. The van der Waals surface area contributed by atoms with E-state index in [2.05, 4.69) is 11.8 Å². The van der Waals surface area contributed by atoms with Crippen molar-refractivity contribution in [3.63, 3.8) is 0 Å². The summed E-state index contributed by atoms with van der Waals surface area (Å²) < 4.78 is 4.76. The zero-order valence-electron chi connectivity index (χ0n) is 11.9. The van der Waals surface area contributed by atoms with Crippen molar-refractivity contribution in [2.24, 2.45) is 5.41 Å². The van der Waals surface area contributed by atoms with Crippen molar-refractivity contribution < 1.29 is 9.53 Å². The number of likely N-dealkylation sites (tertiary alicyclic amines) is 1. The van der Waals surface area contributed by atoms with Gasteiger partial charge >= 0.3 is 5.97 Å². The molecule has 0 aromatic rings. The Morgan fingerprint density at radius 2 is 1.78 bits per heavy atom. The number of hydrogen-bond donors (Lipinski definition) is 0. The van der Waals surface area contributed by atoms with Crippen LogP contribution in [0.5, 0.6) is 0 Å². The van der Waals surface area contributed by atoms with Crippen molar-refractivity contribution in [1.82, 2.24) is 4.90 Å². The highest BCUT2D eigenvalue weighted by Crippen LogP contribution is 2.44. The first-order chi connectivity index (χ1) is 8.65. The molecule has 0 aromatic carbocycles. The number of esters is 1. The Morgan fingerprint density at radius 3 is 2.33 bits per heavy atom. The first-order valence-electron chi connectivity index (χ1n) is 7.46. The van der Waals surface area contributed by atoms with Crippen molar-refractivity contribution in [2.45, 2.75) is 64.3 Å². The van der Waals surface area contributed by atoms with Crippen LogP contribution in [0.1, 0.15) is 58.3 Å². The van der Waals surface area contributed by atoms with Gasteiger partial charge in [-0.2, -0.15) is 0 Å². The third kappa shape index (κ3) is 3.25. The Kier molecular flexibility index (Phi) is 4.66. The van der Waals surface area contributed by atoms with Crippen LogP contribution >= 0.6 is 0 Å². The fourth-order valence-electron chi connectivity index (χ4n) is 3.69. The molecular weight excluding hydrogens is 226 g/mol. The molecule has 0 radical (unpaired) electrons. The molecule has 2 aliphatic rings. The molecule has 104 valence electrons. The van der Waals surface area contributed by atoms with Gasteiger partial charge in [0.05, 0.1) is 13.5 Å². The van der Waals surface area contributed by atoms with Crippen LogP contribution in [-0.2, 0) is 9.53 Å². The molecule has 0 amide bonds. The molecule has 2 fully saturated rings. The standard InChI is InChI=1S/C15H27NO2/c1-13(12-14(17)18-2)16-10-8-15(9-11-16)6-4-3-5-7-15/h13H,3-12H2,1-2H3. The van der Waals surface area contributed by atoms with Crippen LogP contribution in [0, 0.1) is 5.41 Å². The van der Waals surface area contributed by atoms with Crippen LogP contribution in [0.4, 0.5) is 0 Å². The van der Waals surface area contributed by atoms with E-state index in [1.165, 1.54) is 52.1 Å². The van der Waals surface area contributed by atoms with E-state index in [1.807, 2.05) is 0 Å². The largest absolute Gasteiger partial charge is 0.469 e. The van der Waals surface area contributed by atoms with E-state index in [0.29, 0.717) is 17.9 Å². The third-order valence-corrected chi connectivity index (χ3v) is 5.09. The van der Waals surface area contributed by atoms with Gasteiger partial charge in [0.2, 0.25) is 0 Å². The zero-order valence-corrected chi connectivity index (χ0v) is 11.9. The Bertz CT molecular complexity index is 274. The van der Waals surface area contributed by atoms with Crippen LogP contribution < -0.4 is 0 Å². The molecule has 1 saturated carbocycles. The lowest BCUT2D eigenvalue weighted by Gasteiger charge is -2.45. The van der Waals surface area contributed by atoms with Crippen LogP contribution in [0.2, 0.25) is 0 Å². The number of ether oxygens (including phenoxy) is 1. The first-order valence-corrected chi connectivity index (χ1v) is 7.46. The minimum atomic E-state index is -0.0829. The summed E-state index contributed by atoms with van der Waals surface area (Å²) in [6.07, 6.45) is 10.4. The minimum absolute atomic E-state index is 0.0829. The molecule has 1 heterocycles. The van der Waals surface area contributed by atoms with E-state index < -0.39 is 0 Å². The molecule has 18 heavy (non-hydrogen) atoms. The smallest absolute Gasteiger partial charge is 0.307 e. The predicted octanol–water partition coefficient (Wildman–Crippen LogP) is 2.98. The highest BCUT2D eigenvalue weighted by atomic mass is 16.5. The van der Waals surface area contributed by atoms with Gasteiger partial charge in [-0.25, -0.2) is 0 Å². The number of piperidine rings is 1. The lowest BCUT2D eigenvalue weighted by Crippen LogP contribution is -2.45. The quantitative estimate of drug-likeness (QED) is 0.724. The van der Waals surface area contributed by atoms with E-state index in [1.54, 1.807) is 0 Å². The summed E-state index contributed by atoms with van der Waals surface area (Å²) in [5, 5.41) is 0. The highest BCUT2D eigenvalue weighted by molar-refractivity contribution is 5.69. The third-order valence-electron chi connectivity index (χ3n) is 5.09. The van der Waals surface area contributed by atoms with Gasteiger partial charge in [-0.1, -0.05) is 19.3 Å². The molecule has 1 aliphatic heterocycles. The van der Waals surface area contributed by atoms with Crippen LogP contribution in [0.15, 0.2) is 0 Å². The van der Waals surface area contributed by atoms with Gasteiger partial charge in [-0.15, -0.1) is 0 Å². The maximum atomic E-state index is 11.3. The summed E-state index contributed by atoms with van der Waals surface area (Å²) in [4.78, 5) is 13.8. The van der Waals surface area contributed by atoms with Gasteiger partial charge in [0.15, 0.2) is 0 Å². The summed E-state index contributed by atoms with van der Waals surface area (Å²) in [6, 6.07) is 0.332. The first kappa shape index (κ1) is 13.9. The average Bonchev–Trinajstić information content (AvgIpc) is 2.40. The molecule has 1 spiro atoms. The number of carbonyl (C=O) groups excluding carboxylic acids is 1. The molecule has 2 rings (SSSR count). The summed E-state index contributed by atoms with van der Waals surface area (Å²) in [5.41, 5.74) is 0.653. The Balaban J connectivity index is 1.80. The SMILES string of the molecule is COC(=O)CC(C)N1CCC2(CCCCC2)CC1. The number of methoxy groups -OCH3 is 1. The van der Waals surface area contributed by atoms with E-state index in [9.17, 15) is 4.79 Å². The van der Waals surface area contributed by atoms with Gasteiger partial charge in [0, 0.05) is 6.04 Å². The second kappa shape index (κ2) is 6.05. The topological polar surface area (TPSA) is 29.5 Å². The number of hydrogen-bond acceptors (Lipinski definition) is 3. The van der Waals surface area contributed by atoms with Crippen LogP contribution in [0.3, 0.4) is 0 Å². The molecule has 1 saturated heterocycles. The Labute approximate surface area is 111 Å². The number of carbonyl (C=O) groups is 1. The van der Waals surface area contributed by atoms with Crippen molar-refractivity contribution in [2.75, 3.05) is 20.2 Å². The van der Waals surface area contributed by atoms with Gasteiger partial charge in [0.25, 0.3) is 0 Å². The number of nitrogens with zero attached hydrogens (tertiary/aromatic N) is 1. The Hall–Kier alpha value is -0.570.